The molecule has 0 radical (unpaired) electrons. The molecule has 0 aliphatic heterocycles. The lowest BCUT2D eigenvalue weighted by Crippen LogP contribution is -1.98. The molecule has 0 amide bonds. The Kier molecular flexibility index (Phi) is 4.29. The van der Waals surface area contributed by atoms with Gasteiger partial charge in [-0.25, -0.2) is 4.68 Å². The summed E-state index contributed by atoms with van der Waals surface area (Å²) in [6.45, 7) is 1.83. The van der Waals surface area contributed by atoms with Crippen molar-refractivity contribution in [1.82, 2.24) is 9.78 Å². The zero-order valence-corrected chi connectivity index (χ0v) is 13.1. The Labute approximate surface area is 128 Å². The minimum atomic E-state index is -0.478. The molecule has 1 heterocycles. The van der Waals surface area contributed by atoms with Crippen LogP contribution in [0, 0.1) is 17.0 Å². The smallest absolute Gasteiger partial charge is 0.287 e. The summed E-state index contributed by atoms with van der Waals surface area (Å²) in [5, 5.41) is 15.1. The highest BCUT2D eigenvalue weighted by atomic mass is 79.9. The number of benzene rings is 1. The molecule has 0 spiro atoms. The molecule has 106 valence electrons. The first-order valence-electron chi connectivity index (χ1n) is 5.65. The van der Waals surface area contributed by atoms with Crippen molar-refractivity contribution in [3.63, 3.8) is 0 Å². The SMILES string of the molecule is Cc1nn(C)c(Oc2cccc([N+](=O)[O-])c2Br)c1CCl. The van der Waals surface area contributed by atoms with Crippen molar-refractivity contribution in [3.8, 4) is 11.6 Å². The third-order valence-corrected chi connectivity index (χ3v) is 3.83. The number of hydrogen-bond acceptors (Lipinski definition) is 4. The maximum atomic E-state index is 10.9. The summed E-state index contributed by atoms with van der Waals surface area (Å²) in [6, 6.07) is 4.59. The second-order valence-corrected chi connectivity index (χ2v) is 5.14. The van der Waals surface area contributed by atoms with E-state index in [9.17, 15) is 10.1 Å². The Morgan fingerprint density at radius 1 is 1.55 bits per heavy atom. The molecule has 0 aliphatic rings. The number of alkyl halides is 1. The zero-order chi connectivity index (χ0) is 14.9. The summed E-state index contributed by atoms with van der Waals surface area (Å²) in [5.74, 6) is 1.06. The topological polar surface area (TPSA) is 70.2 Å². The lowest BCUT2D eigenvalue weighted by molar-refractivity contribution is -0.385. The van der Waals surface area contributed by atoms with Gasteiger partial charge in [-0.3, -0.25) is 10.1 Å². The molecule has 0 N–H and O–H groups in total. The van der Waals surface area contributed by atoms with E-state index in [1.165, 1.54) is 6.07 Å². The van der Waals surface area contributed by atoms with Crippen molar-refractivity contribution in [1.29, 1.82) is 0 Å². The van der Waals surface area contributed by atoms with E-state index in [4.69, 9.17) is 16.3 Å². The predicted molar refractivity (Wildman–Crippen MR) is 78.4 cm³/mol. The van der Waals surface area contributed by atoms with Gasteiger partial charge in [-0.2, -0.15) is 5.10 Å². The second kappa shape index (κ2) is 5.80. The molecule has 0 fully saturated rings. The molecule has 20 heavy (non-hydrogen) atoms. The number of halogens is 2. The van der Waals surface area contributed by atoms with Gasteiger partial charge in [0.1, 0.15) is 4.47 Å². The quantitative estimate of drug-likeness (QED) is 0.470. The lowest BCUT2D eigenvalue weighted by atomic mass is 10.3. The first-order chi connectivity index (χ1) is 9.45. The van der Waals surface area contributed by atoms with Gasteiger partial charge in [0.15, 0.2) is 5.75 Å². The highest BCUT2D eigenvalue weighted by Gasteiger charge is 2.20. The van der Waals surface area contributed by atoms with Gasteiger partial charge in [-0.1, -0.05) is 6.07 Å². The van der Waals surface area contributed by atoms with Gasteiger partial charge >= 0.3 is 0 Å². The molecule has 2 aromatic rings. The summed E-state index contributed by atoms with van der Waals surface area (Å²) < 4.78 is 7.57. The van der Waals surface area contributed by atoms with E-state index in [-0.39, 0.29) is 16.0 Å². The van der Waals surface area contributed by atoms with Crippen molar-refractivity contribution >= 4 is 33.2 Å². The lowest BCUT2D eigenvalue weighted by Gasteiger charge is -2.09. The molecule has 0 bridgehead atoms. The first kappa shape index (κ1) is 14.8. The molecule has 0 atom stereocenters. The number of aromatic nitrogens is 2. The van der Waals surface area contributed by atoms with Crippen LogP contribution in [0.1, 0.15) is 11.3 Å². The molecule has 1 aromatic carbocycles. The van der Waals surface area contributed by atoms with Crippen molar-refractivity contribution in [2.24, 2.45) is 7.05 Å². The fraction of sp³-hybridized carbons (Fsp3) is 0.250. The Balaban J connectivity index is 2.46. The predicted octanol–water partition coefficient (Wildman–Crippen LogP) is 3.93. The number of nitro groups is 1. The van der Waals surface area contributed by atoms with Gasteiger partial charge in [-0.05, 0) is 28.9 Å². The Hall–Kier alpha value is -1.60. The van der Waals surface area contributed by atoms with Crippen LogP contribution in [0.2, 0.25) is 0 Å². The molecular formula is C12H11BrClN3O3. The van der Waals surface area contributed by atoms with Gasteiger partial charge < -0.3 is 4.74 Å². The largest absolute Gasteiger partial charge is 0.437 e. The molecule has 0 unspecified atom stereocenters. The monoisotopic (exact) mass is 359 g/mol. The highest BCUT2D eigenvalue weighted by Crippen LogP contribution is 2.37. The fourth-order valence-electron chi connectivity index (χ4n) is 1.79. The van der Waals surface area contributed by atoms with Gasteiger partial charge in [0.05, 0.1) is 22.1 Å². The van der Waals surface area contributed by atoms with Crippen LogP contribution < -0.4 is 4.74 Å². The molecule has 2 rings (SSSR count). The van der Waals surface area contributed by atoms with E-state index in [0.29, 0.717) is 11.6 Å². The molecule has 0 saturated heterocycles. The summed E-state index contributed by atoms with van der Waals surface area (Å²) >= 11 is 9.07. The minimum Gasteiger partial charge on any atom is -0.437 e. The molecule has 0 aliphatic carbocycles. The van der Waals surface area contributed by atoms with E-state index < -0.39 is 4.92 Å². The Morgan fingerprint density at radius 3 is 2.85 bits per heavy atom. The van der Waals surface area contributed by atoms with Crippen LogP contribution in [0.25, 0.3) is 0 Å². The van der Waals surface area contributed by atoms with Gasteiger partial charge in [0, 0.05) is 13.1 Å². The van der Waals surface area contributed by atoms with E-state index in [1.807, 2.05) is 6.92 Å². The number of rotatable bonds is 4. The van der Waals surface area contributed by atoms with Crippen molar-refractivity contribution < 1.29 is 9.66 Å². The van der Waals surface area contributed by atoms with Crippen LogP contribution in [-0.2, 0) is 12.9 Å². The molecule has 1 aromatic heterocycles. The molecular weight excluding hydrogens is 350 g/mol. The van der Waals surface area contributed by atoms with Crippen LogP contribution in [0.4, 0.5) is 5.69 Å². The molecule has 6 nitrogen and oxygen atoms in total. The average Bonchev–Trinajstić information content (AvgIpc) is 2.65. The average molecular weight is 361 g/mol. The van der Waals surface area contributed by atoms with E-state index in [1.54, 1.807) is 23.9 Å². The van der Waals surface area contributed by atoms with E-state index >= 15 is 0 Å². The highest BCUT2D eigenvalue weighted by molar-refractivity contribution is 9.10. The number of nitrogens with zero attached hydrogens (tertiary/aromatic N) is 3. The summed E-state index contributed by atoms with van der Waals surface area (Å²) in [7, 11) is 1.73. The second-order valence-electron chi connectivity index (χ2n) is 4.07. The van der Waals surface area contributed by atoms with Crippen LogP contribution >= 0.6 is 27.5 Å². The maximum Gasteiger partial charge on any atom is 0.287 e. The number of aryl methyl sites for hydroxylation is 2. The van der Waals surface area contributed by atoms with Crippen LogP contribution in [0.5, 0.6) is 11.6 Å². The van der Waals surface area contributed by atoms with Gasteiger partial charge in [-0.15, -0.1) is 11.6 Å². The fourth-order valence-corrected chi connectivity index (χ4v) is 2.58. The maximum absolute atomic E-state index is 10.9. The Bertz CT molecular complexity index is 672. The molecule has 8 heteroatoms. The number of nitro benzene ring substituents is 1. The van der Waals surface area contributed by atoms with E-state index in [2.05, 4.69) is 21.0 Å². The minimum absolute atomic E-state index is 0.0613. The molecule has 0 saturated carbocycles. The third kappa shape index (κ3) is 2.64. The normalized spacial score (nSPS) is 10.6. The number of ether oxygens (including phenoxy) is 1. The van der Waals surface area contributed by atoms with Gasteiger partial charge in [0.2, 0.25) is 5.88 Å². The number of hydrogen-bond donors (Lipinski definition) is 0. The zero-order valence-electron chi connectivity index (χ0n) is 10.8. The van der Waals surface area contributed by atoms with Crippen molar-refractivity contribution in [2.75, 3.05) is 0 Å². The summed E-state index contributed by atoms with van der Waals surface area (Å²) in [4.78, 5) is 10.4. The Morgan fingerprint density at radius 2 is 2.25 bits per heavy atom. The summed E-state index contributed by atoms with van der Waals surface area (Å²) in [5.41, 5.74) is 1.46. The van der Waals surface area contributed by atoms with Crippen molar-refractivity contribution in [2.45, 2.75) is 12.8 Å². The first-order valence-corrected chi connectivity index (χ1v) is 6.97. The third-order valence-electron chi connectivity index (χ3n) is 2.77. The van der Waals surface area contributed by atoms with Gasteiger partial charge in [0.25, 0.3) is 5.69 Å². The van der Waals surface area contributed by atoms with Crippen LogP contribution in [0.3, 0.4) is 0 Å². The standard InChI is InChI=1S/C12H11BrClN3O3/c1-7-8(6-14)12(16(2)15-7)20-10-5-3-4-9(11(10)13)17(18)19/h3-5H,6H2,1-2H3. The van der Waals surface area contributed by atoms with E-state index in [0.717, 1.165) is 11.3 Å². The van der Waals surface area contributed by atoms with Crippen molar-refractivity contribution in [3.05, 3.63) is 44.0 Å². The van der Waals surface area contributed by atoms with Crippen LogP contribution in [-0.4, -0.2) is 14.7 Å². The summed E-state index contributed by atoms with van der Waals surface area (Å²) in [6.07, 6.45) is 0. The van der Waals surface area contributed by atoms with Crippen LogP contribution in [0.15, 0.2) is 22.7 Å².